The van der Waals surface area contributed by atoms with E-state index in [1.807, 2.05) is 49.4 Å². The summed E-state index contributed by atoms with van der Waals surface area (Å²) in [5.41, 5.74) is 2.20. The minimum atomic E-state index is -0.107. The first-order chi connectivity index (χ1) is 12.6. The largest absolute Gasteiger partial charge is 0.436 e. The Hall–Kier alpha value is -2.40. The van der Waals surface area contributed by atoms with Crippen LogP contribution in [0.3, 0.4) is 0 Å². The lowest BCUT2D eigenvalue weighted by Crippen LogP contribution is -2.32. The van der Waals surface area contributed by atoms with E-state index in [1.54, 1.807) is 12.3 Å². The van der Waals surface area contributed by atoms with Gasteiger partial charge in [-0.1, -0.05) is 53.5 Å². The van der Waals surface area contributed by atoms with Crippen molar-refractivity contribution in [2.45, 2.75) is 32.7 Å². The Bertz CT molecular complexity index is 887. The molecule has 5 heteroatoms. The molecule has 0 radical (unpaired) electrons. The van der Waals surface area contributed by atoms with Crippen LogP contribution in [0.2, 0.25) is 0 Å². The third-order valence-corrected chi connectivity index (χ3v) is 4.66. The van der Waals surface area contributed by atoms with E-state index in [4.69, 9.17) is 4.42 Å². The van der Waals surface area contributed by atoms with Crippen LogP contribution in [-0.2, 0) is 0 Å². The van der Waals surface area contributed by atoms with Gasteiger partial charge in [-0.2, -0.15) is 0 Å². The summed E-state index contributed by atoms with van der Waals surface area (Å²) in [7, 11) is 0. The lowest BCUT2D eigenvalue weighted by molar-refractivity contribution is 0.0938. The van der Waals surface area contributed by atoms with Crippen LogP contribution < -0.4 is 5.32 Å². The monoisotopic (exact) mass is 412 g/mol. The zero-order chi connectivity index (χ0) is 18.5. The van der Waals surface area contributed by atoms with E-state index in [1.165, 1.54) is 0 Å². The molecule has 0 aliphatic carbocycles. The van der Waals surface area contributed by atoms with Gasteiger partial charge in [0.15, 0.2) is 5.76 Å². The molecule has 0 aliphatic heterocycles. The van der Waals surface area contributed by atoms with Crippen LogP contribution in [0.4, 0.5) is 0 Å². The fraction of sp³-hybridized carbons (Fsp3) is 0.238. The van der Waals surface area contributed by atoms with Gasteiger partial charge < -0.3 is 9.73 Å². The van der Waals surface area contributed by atoms with E-state index in [2.05, 4.69) is 33.2 Å². The normalized spacial score (nSPS) is 12.0. The molecule has 1 aromatic heterocycles. The van der Waals surface area contributed by atoms with Crippen molar-refractivity contribution < 1.29 is 9.21 Å². The van der Waals surface area contributed by atoms with Gasteiger partial charge in [-0.3, -0.25) is 4.79 Å². The molecule has 3 aromatic rings. The Morgan fingerprint density at radius 1 is 1.19 bits per heavy atom. The Balaban J connectivity index is 1.88. The molecule has 1 N–H and O–H groups in total. The predicted molar refractivity (Wildman–Crippen MR) is 107 cm³/mol. The summed E-state index contributed by atoms with van der Waals surface area (Å²) in [6.45, 7) is 4.12. The summed E-state index contributed by atoms with van der Waals surface area (Å²) in [5.74, 6) is 1.00. The van der Waals surface area contributed by atoms with Crippen molar-refractivity contribution in [3.8, 4) is 22.8 Å². The Morgan fingerprint density at radius 2 is 1.92 bits per heavy atom. The molecule has 134 valence electrons. The molecule has 1 amide bonds. The molecular formula is C21H21BrN2O2. The van der Waals surface area contributed by atoms with Crippen molar-refractivity contribution >= 4 is 21.8 Å². The number of rotatable bonds is 6. The summed E-state index contributed by atoms with van der Waals surface area (Å²) < 4.78 is 6.94. The van der Waals surface area contributed by atoms with E-state index in [9.17, 15) is 4.79 Å². The number of hydrogen-bond donors (Lipinski definition) is 1. The average molecular weight is 413 g/mol. The van der Waals surface area contributed by atoms with Crippen molar-refractivity contribution in [2.75, 3.05) is 0 Å². The molecule has 2 aromatic carbocycles. The Kier molecular flexibility index (Phi) is 5.89. The number of aromatic nitrogens is 1. The minimum Gasteiger partial charge on any atom is -0.436 e. The first kappa shape index (κ1) is 18.4. The van der Waals surface area contributed by atoms with Crippen molar-refractivity contribution in [1.29, 1.82) is 0 Å². The van der Waals surface area contributed by atoms with Gasteiger partial charge in [-0.25, -0.2) is 4.98 Å². The molecule has 3 rings (SSSR count). The summed E-state index contributed by atoms with van der Waals surface area (Å²) in [5, 5.41) is 3.04. The van der Waals surface area contributed by atoms with E-state index < -0.39 is 0 Å². The van der Waals surface area contributed by atoms with Gasteiger partial charge in [0.1, 0.15) is 0 Å². The van der Waals surface area contributed by atoms with Gasteiger partial charge in [-0.05, 0) is 37.6 Å². The first-order valence-electron chi connectivity index (χ1n) is 8.70. The number of amides is 1. The number of benzene rings is 2. The molecule has 0 bridgehead atoms. The fourth-order valence-electron chi connectivity index (χ4n) is 2.82. The zero-order valence-corrected chi connectivity index (χ0v) is 16.4. The third-order valence-electron chi connectivity index (χ3n) is 4.14. The van der Waals surface area contributed by atoms with Crippen molar-refractivity contribution in [3.63, 3.8) is 0 Å². The summed E-state index contributed by atoms with van der Waals surface area (Å²) in [6, 6.07) is 15.3. The second-order valence-electron chi connectivity index (χ2n) is 6.25. The van der Waals surface area contributed by atoms with Crippen molar-refractivity contribution in [3.05, 3.63) is 64.8 Å². The molecule has 0 saturated heterocycles. The van der Waals surface area contributed by atoms with Crippen LogP contribution >= 0.6 is 15.9 Å². The number of halogens is 1. The highest BCUT2D eigenvalue weighted by Crippen LogP contribution is 2.29. The van der Waals surface area contributed by atoms with Crippen LogP contribution in [0.15, 0.2) is 63.6 Å². The Labute approximate surface area is 161 Å². The third kappa shape index (κ3) is 4.22. The molecule has 4 nitrogen and oxygen atoms in total. The van der Waals surface area contributed by atoms with Crippen LogP contribution in [-0.4, -0.2) is 16.9 Å². The molecule has 0 saturated carbocycles. The SMILES string of the molecule is CCC[C@H](C)NC(=O)c1ccccc1-c1ncc(-c2ccc(Br)cc2)o1. The maximum atomic E-state index is 12.7. The lowest BCUT2D eigenvalue weighted by atomic mass is 10.1. The van der Waals surface area contributed by atoms with Crippen LogP contribution in [0.5, 0.6) is 0 Å². The van der Waals surface area contributed by atoms with E-state index in [0.29, 0.717) is 22.8 Å². The predicted octanol–water partition coefficient (Wildman–Crippen LogP) is 5.69. The average Bonchev–Trinajstić information content (AvgIpc) is 3.12. The summed E-state index contributed by atoms with van der Waals surface area (Å²) >= 11 is 3.43. The van der Waals surface area contributed by atoms with Crippen molar-refractivity contribution in [2.24, 2.45) is 0 Å². The van der Waals surface area contributed by atoms with Crippen LogP contribution in [0.25, 0.3) is 22.8 Å². The first-order valence-corrected chi connectivity index (χ1v) is 9.49. The van der Waals surface area contributed by atoms with E-state index >= 15 is 0 Å². The van der Waals surface area contributed by atoms with Crippen LogP contribution in [0, 0.1) is 0 Å². The zero-order valence-electron chi connectivity index (χ0n) is 14.8. The molecule has 26 heavy (non-hydrogen) atoms. The standard InChI is InChI=1S/C21H21BrN2O2/c1-3-6-14(2)24-20(25)17-7-4-5-8-18(17)21-23-13-19(26-21)15-9-11-16(22)12-10-15/h4-5,7-14H,3,6H2,1-2H3,(H,24,25)/t14-/m0/s1. The summed E-state index contributed by atoms with van der Waals surface area (Å²) in [6.07, 6.45) is 3.66. The topological polar surface area (TPSA) is 55.1 Å². The van der Waals surface area contributed by atoms with E-state index in [0.717, 1.165) is 22.9 Å². The number of nitrogens with one attached hydrogen (secondary N) is 1. The molecule has 0 spiro atoms. The molecule has 0 unspecified atom stereocenters. The summed E-state index contributed by atoms with van der Waals surface area (Å²) in [4.78, 5) is 17.0. The molecular weight excluding hydrogens is 392 g/mol. The lowest BCUT2D eigenvalue weighted by Gasteiger charge is -2.14. The van der Waals surface area contributed by atoms with Gasteiger partial charge in [0.05, 0.1) is 11.8 Å². The number of carbonyl (C=O) groups excluding carboxylic acids is 1. The van der Waals surface area contributed by atoms with Gasteiger partial charge >= 0.3 is 0 Å². The van der Waals surface area contributed by atoms with Crippen molar-refractivity contribution in [1.82, 2.24) is 10.3 Å². The van der Waals surface area contributed by atoms with Gasteiger partial charge in [0.2, 0.25) is 5.89 Å². The molecule has 1 heterocycles. The number of carbonyl (C=O) groups is 1. The van der Waals surface area contributed by atoms with Crippen LogP contribution in [0.1, 0.15) is 37.0 Å². The molecule has 1 atom stereocenters. The highest BCUT2D eigenvalue weighted by molar-refractivity contribution is 9.10. The molecule has 0 aliphatic rings. The van der Waals surface area contributed by atoms with Gasteiger partial charge in [0.25, 0.3) is 5.91 Å². The Morgan fingerprint density at radius 3 is 2.65 bits per heavy atom. The highest BCUT2D eigenvalue weighted by atomic mass is 79.9. The van der Waals surface area contributed by atoms with Gasteiger partial charge in [0, 0.05) is 21.6 Å². The molecule has 0 fully saturated rings. The fourth-order valence-corrected chi connectivity index (χ4v) is 3.08. The number of hydrogen-bond acceptors (Lipinski definition) is 3. The maximum Gasteiger partial charge on any atom is 0.252 e. The minimum absolute atomic E-state index is 0.107. The maximum absolute atomic E-state index is 12.7. The second kappa shape index (κ2) is 8.32. The highest BCUT2D eigenvalue weighted by Gasteiger charge is 2.18. The van der Waals surface area contributed by atoms with E-state index in [-0.39, 0.29) is 11.9 Å². The second-order valence-corrected chi connectivity index (χ2v) is 7.16. The number of nitrogens with zero attached hydrogens (tertiary/aromatic N) is 1. The smallest absolute Gasteiger partial charge is 0.252 e. The number of oxazole rings is 1. The van der Waals surface area contributed by atoms with Gasteiger partial charge in [-0.15, -0.1) is 0 Å². The quantitative estimate of drug-likeness (QED) is 0.565.